The maximum absolute atomic E-state index is 10.2. The minimum Gasteiger partial charge on any atom is -0.424 e. The summed E-state index contributed by atoms with van der Waals surface area (Å²) in [4.78, 5) is 20.1. The summed E-state index contributed by atoms with van der Waals surface area (Å²) in [5, 5.41) is 24.0. The first kappa shape index (κ1) is 29.1. The molecular formula is C32H25ClN10O2. The van der Waals surface area contributed by atoms with Gasteiger partial charge >= 0.3 is 6.01 Å². The van der Waals surface area contributed by atoms with Crippen LogP contribution in [0.5, 0.6) is 11.8 Å². The second-order valence-corrected chi connectivity index (χ2v) is 10.2. The van der Waals surface area contributed by atoms with Crippen molar-refractivity contribution in [2.24, 2.45) is 0 Å². The molecule has 6 rings (SSSR count). The van der Waals surface area contributed by atoms with Crippen LogP contribution in [-0.4, -0.2) is 50.6 Å². The van der Waals surface area contributed by atoms with E-state index >= 15 is 0 Å². The Labute approximate surface area is 263 Å². The van der Waals surface area contributed by atoms with Crippen molar-refractivity contribution in [2.75, 3.05) is 42.3 Å². The van der Waals surface area contributed by atoms with Gasteiger partial charge in [0.15, 0.2) is 5.65 Å². The molecule has 0 saturated carbocycles. The number of fused-ring (bicyclic) bond motifs is 1. The van der Waals surface area contributed by atoms with Gasteiger partial charge in [-0.15, -0.1) is 0 Å². The molecule has 4 heterocycles. The van der Waals surface area contributed by atoms with Crippen LogP contribution in [0.2, 0.25) is 5.02 Å². The average molecular weight is 617 g/mol. The lowest BCUT2D eigenvalue weighted by Gasteiger charge is -2.27. The largest absolute Gasteiger partial charge is 0.424 e. The molecule has 0 spiro atoms. The molecule has 0 atom stereocenters. The topological polar surface area (TPSA) is 163 Å². The van der Waals surface area contributed by atoms with E-state index in [9.17, 15) is 10.5 Å². The summed E-state index contributed by atoms with van der Waals surface area (Å²) in [5.74, 6) is 1.27. The Morgan fingerprint density at radius 2 is 1.73 bits per heavy atom. The first-order valence-corrected chi connectivity index (χ1v) is 14.1. The molecule has 3 aromatic heterocycles. The summed E-state index contributed by atoms with van der Waals surface area (Å²) in [6.45, 7) is 9.95. The fourth-order valence-electron chi connectivity index (χ4n) is 5.03. The van der Waals surface area contributed by atoms with Gasteiger partial charge < -0.3 is 25.4 Å². The second-order valence-electron chi connectivity index (χ2n) is 9.79. The first-order chi connectivity index (χ1) is 21.9. The van der Waals surface area contributed by atoms with Crippen molar-refractivity contribution in [1.29, 1.82) is 10.5 Å². The molecule has 3 N–H and O–H groups in total. The van der Waals surface area contributed by atoms with Crippen molar-refractivity contribution in [3.63, 3.8) is 0 Å². The molecule has 0 unspecified atom stereocenters. The van der Waals surface area contributed by atoms with Crippen molar-refractivity contribution in [3.8, 4) is 35.0 Å². The molecule has 0 bridgehead atoms. The predicted molar refractivity (Wildman–Crippen MR) is 172 cm³/mol. The van der Waals surface area contributed by atoms with Crippen molar-refractivity contribution in [3.05, 3.63) is 89.2 Å². The maximum atomic E-state index is 10.2. The fourth-order valence-corrected chi connectivity index (χ4v) is 5.22. The van der Waals surface area contributed by atoms with E-state index in [-0.39, 0.29) is 28.9 Å². The highest BCUT2D eigenvalue weighted by atomic mass is 35.5. The van der Waals surface area contributed by atoms with Crippen LogP contribution in [-0.2, 0) is 4.74 Å². The number of ether oxygens (including phenoxy) is 2. The predicted octanol–water partition coefficient (Wildman–Crippen LogP) is 5.82. The quantitative estimate of drug-likeness (QED) is 0.216. The Bertz CT molecular complexity index is 2040. The second kappa shape index (κ2) is 12.3. The van der Waals surface area contributed by atoms with Gasteiger partial charge in [-0.25, -0.2) is 4.98 Å². The lowest BCUT2D eigenvalue weighted by Crippen LogP contribution is -2.37. The van der Waals surface area contributed by atoms with Crippen LogP contribution in [0.3, 0.4) is 0 Å². The lowest BCUT2D eigenvalue weighted by molar-refractivity contribution is 0.122. The smallest absolute Gasteiger partial charge is 0.328 e. The number of imidazole rings is 1. The van der Waals surface area contributed by atoms with Crippen LogP contribution < -0.4 is 20.7 Å². The van der Waals surface area contributed by atoms with E-state index in [0.717, 1.165) is 0 Å². The van der Waals surface area contributed by atoms with E-state index in [1.807, 2.05) is 17.0 Å². The number of aromatic nitrogens is 5. The molecule has 0 aliphatic carbocycles. The van der Waals surface area contributed by atoms with Crippen LogP contribution >= 0.6 is 11.6 Å². The Kier molecular flexibility index (Phi) is 7.99. The standard InChI is InChI=1S/C32H25ClN10O2/c1-3-25-26(4-2)43-28(36)23(17-34)27(24(18-35)29(43)38-25)19-8-10-22(11-9-19)45-32-40-30(37-21-7-5-6-20(33)16-21)39-31(41-32)42-12-14-44-15-13-42/h3-11,16H,1-2,12-15,36H2,(H,37,39,40,41). The molecule has 1 fully saturated rings. The number of nitrogen functional groups attached to an aromatic ring is 1. The SMILES string of the molecule is C=Cc1nc2c(C#N)c(-c3ccc(Oc4nc(Nc5cccc(Cl)c5)nc(N5CCOCC5)n4)cc3)c(C#N)c(N)n2c1C=C. The lowest BCUT2D eigenvalue weighted by atomic mass is 9.96. The summed E-state index contributed by atoms with van der Waals surface area (Å²) in [6, 6.07) is 18.5. The van der Waals surface area contributed by atoms with Gasteiger partial charge in [-0.2, -0.15) is 25.5 Å². The molecule has 0 amide bonds. The molecule has 0 radical (unpaired) electrons. The number of nitriles is 2. The number of halogens is 1. The van der Waals surface area contributed by atoms with Gasteiger partial charge in [-0.3, -0.25) is 4.40 Å². The third-order valence-electron chi connectivity index (χ3n) is 7.10. The van der Waals surface area contributed by atoms with E-state index < -0.39 is 0 Å². The highest BCUT2D eigenvalue weighted by molar-refractivity contribution is 6.30. The molecule has 1 saturated heterocycles. The normalized spacial score (nSPS) is 12.7. The zero-order valence-corrected chi connectivity index (χ0v) is 24.6. The molecular weight excluding hydrogens is 592 g/mol. The van der Waals surface area contributed by atoms with Crippen molar-refractivity contribution >= 4 is 52.8 Å². The number of nitrogens with one attached hydrogen (secondary N) is 1. The number of hydrogen-bond donors (Lipinski definition) is 2. The van der Waals surface area contributed by atoms with Crippen LogP contribution in [0, 0.1) is 22.7 Å². The number of nitrogens with zero attached hydrogens (tertiary/aromatic N) is 8. The Morgan fingerprint density at radius 1 is 0.978 bits per heavy atom. The zero-order valence-electron chi connectivity index (χ0n) is 23.9. The molecule has 5 aromatic rings. The number of rotatable bonds is 8. The van der Waals surface area contributed by atoms with Crippen LogP contribution in [0.15, 0.2) is 61.7 Å². The third kappa shape index (κ3) is 5.59. The Hall–Kier alpha value is -5.95. The van der Waals surface area contributed by atoms with Crippen molar-refractivity contribution in [1.82, 2.24) is 24.3 Å². The number of hydrogen-bond acceptors (Lipinski definition) is 11. The highest BCUT2D eigenvalue weighted by Crippen LogP contribution is 2.36. The molecule has 12 nitrogen and oxygen atoms in total. The average Bonchev–Trinajstić information content (AvgIpc) is 3.44. The summed E-state index contributed by atoms with van der Waals surface area (Å²) < 4.78 is 13.1. The monoisotopic (exact) mass is 616 g/mol. The fraction of sp³-hybridized carbons (Fsp3) is 0.125. The van der Waals surface area contributed by atoms with Gasteiger partial charge in [0.1, 0.15) is 34.8 Å². The van der Waals surface area contributed by atoms with Gasteiger partial charge in [0.05, 0.1) is 24.6 Å². The number of morpholine rings is 1. The van der Waals surface area contributed by atoms with E-state index in [4.69, 9.17) is 26.8 Å². The number of benzene rings is 2. The third-order valence-corrected chi connectivity index (χ3v) is 7.34. The van der Waals surface area contributed by atoms with Gasteiger partial charge in [0.25, 0.3) is 0 Å². The summed E-state index contributed by atoms with van der Waals surface area (Å²) in [6.07, 6.45) is 3.10. The molecule has 13 heteroatoms. The molecule has 222 valence electrons. The van der Waals surface area contributed by atoms with Gasteiger partial charge in [-0.1, -0.05) is 43.0 Å². The van der Waals surface area contributed by atoms with E-state index in [0.29, 0.717) is 76.9 Å². The Morgan fingerprint density at radius 3 is 2.40 bits per heavy atom. The van der Waals surface area contributed by atoms with Crippen molar-refractivity contribution in [2.45, 2.75) is 0 Å². The van der Waals surface area contributed by atoms with Crippen LogP contribution in [0.1, 0.15) is 22.5 Å². The van der Waals surface area contributed by atoms with Crippen LogP contribution in [0.25, 0.3) is 28.9 Å². The van der Waals surface area contributed by atoms with Crippen molar-refractivity contribution < 1.29 is 9.47 Å². The maximum Gasteiger partial charge on any atom is 0.328 e. The van der Waals surface area contributed by atoms with E-state index in [1.54, 1.807) is 53.0 Å². The van der Waals surface area contributed by atoms with Gasteiger partial charge in [0.2, 0.25) is 11.9 Å². The summed E-state index contributed by atoms with van der Waals surface area (Å²) >= 11 is 6.16. The first-order valence-electron chi connectivity index (χ1n) is 13.8. The molecule has 2 aromatic carbocycles. The number of nitrogens with two attached hydrogens (primary N) is 1. The molecule has 45 heavy (non-hydrogen) atoms. The Balaban J connectivity index is 1.37. The van der Waals surface area contributed by atoms with E-state index in [1.165, 1.54) is 0 Å². The minimum absolute atomic E-state index is 0.0659. The highest BCUT2D eigenvalue weighted by Gasteiger charge is 2.24. The van der Waals surface area contributed by atoms with Gasteiger partial charge in [0, 0.05) is 29.4 Å². The minimum atomic E-state index is 0.0659. The molecule has 1 aliphatic heterocycles. The zero-order chi connectivity index (χ0) is 31.5. The summed E-state index contributed by atoms with van der Waals surface area (Å²) in [7, 11) is 0. The number of pyridine rings is 1. The van der Waals surface area contributed by atoms with E-state index in [2.05, 4.69) is 50.5 Å². The number of anilines is 4. The summed E-state index contributed by atoms with van der Waals surface area (Å²) in [5.41, 5.74) is 9.75. The molecule has 1 aliphatic rings. The van der Waals surface area contributed by atoms with Gasteiger partial charge in [-0.05, 0) is 48.0 Å². The van der Waals surface area contributed by atoms with Crippen LogP contribution in [0.4, 0.5) is 23.4 Å².